The summed E-state index contributed by atoms with van der Waals surface area (Å²) in [5, 5.41) is 3.04. The number of hydrogen-bond acceptors (Lipinski definition) is 5. The van der Waals surface area contributed by atoms with E-state index in [0.29, 0.717) is 18.0 Å². The maximum atomic E-state index is 10.7. The lowest BCUT2D eigenvalue weighted by molar-refractivity contribution is 0.474. The van der Waals surface area contributed by atoms with Crippen molar-refractivity contribution in [2.24, 2.45) is 0 Å². The summed E-state index contributed by atoms with van der Waals surface area (Å²) >= 11 is -0.670. The fourth-order valence-electron chi connectivity index (χ4n) is 1.94. The molecule has 0 aliphatic carbocycles. The van der Waals surface area contributed by atoms with E-state index in [9.17, 15) is 8.76 Å². The van der Waals surface area contributed by atoms with Gasteiger partial charge in [-0.05, 0) is 55.8 Å². The molecule has 0 spiro atoms. The molecular weight excluding hydrogens is 320 g/mol. The fraction of sp³-hybridized carbons (Fsp3) is 0.200. The highest BCUT2D eigenvalue weighted by Crippen LogP contribution is 2.29. The van der Waals surface area contributed by atoms with Gasteiger partial charge in [-0.25, -0.2) is 0 Å². The van der Waals surface area contributed by atoms with E-state index in [1.54, 1.807) is 30.0 Å². The largest absolute Gasteiger partial charge is 0.755 e. The van der Waals surface area contributed by atoms with E-state index < -0.39 is 11.3 Å². The Morgan fingerprint density at radius 1 is 1.23 bits per heavy atom. The molecule has 118 valence electrons. The van der Waals surface area contributed by atoms with Gasteiger partial charge in [0.05, 0.1) is 0 Å². The average molecular weight is 337 g/mol. The fourth-order valence-corrected chi connectivity index (χ4v) is 2.67. The molecule has 0 aromatic heterocycles. The van der Waals surface area contributed by atoms with E-state index in [2.05, 4.69) is 10.0 Å². The molecule has 0 amide bonds. The maximum Gasteiger partial charge on any atom is 0.132 e. The number of nitrogens with one attached hydrogen (secondary N) is 2. The van der Waals surface area contributed by atoms with Crippen LogP contribution in [0.15, 0.2) is 47.4 Å². The summed E-state index contributed by atoms with van der Waals surface area (Å²) in [6.07, 6.45) is 2.02. The Kier molecular flexibility index (Phi) is 6.26. The zero-order valence-corrected chi connectivity index (χ0v) is 13.9. The lowest BCUT2D eigenvalue weighted by Crippen LogP contribution is -2.08. The van der Waals surface area contributed by atoms with Crippen LogP contribution >= 0.6 is 11.8 Å². The maximum absolute atomic E-state index is 10.7. The normalized spacial score (nSPS) is 12.0. The number of thioether (sulfide) groups is 1. The van der Waals surface area contributed by atoms with Gasteiger partial charge in [-0.15, -0.1) is 11.8 Å². The third-order valence-corrected chi connectivity index (χ3v) is 4.06. The van der Waals surface area contributed by atoms with E-state index in [-0.39, 0.29) is 0 Å². The van der Waals surface area contributed by atoms with Gasteiger partial charge in [0.15, 0.2) is 0 Å². The van der Waals surface area contributed by atoms with Gasteiger partial charge in [0, 0.05) is 34.0 Å². The third kappa shape index (κ3) is 4.74. The first-order valence-electron chi connectivity index (χ1n) is 6.57. The summed E-state index contributed by atoms with van der Waals surface area (Å²) in [5.41, 5.74) is 1.37. The molecule has 22 heavy (non-hydrogen) atoms. The number of hydrogen-bond donors (Lipinski definition) is 2. The SMILES string of the molecule is CNCc1cc(NS(=O)[O-])ccc1Oc1ccc(SC)cc1. The molecule has 0 bridgehead atoms. The minimum atomic E-state index is -2.34. The first kappa shape index (κ1) is 16.8. The molecule has 0 aliphatic rings. The molecule has 0 saturated carbocycles. The Morgan fingerprint density at radius 3 is 2.55 bits per heavy atom. The molecule has 2 aromatic carbocycles. The standard InChI is InChI=1S/C15H18N2O3S2/c1-16-10-11-9-12(17-22(18)19)3-8-15(11)20-13-4-6-14(21-2)7-5-13/h3-9,16-17H,10H2,1-2H3,(H,18,19)/p-1. The summed E-state index contributed by atoms with van der Waals surface area (Å²) in [4.78, 5) is 1.17. The van der Waals surface area contributed by atoms with Crippen LogP contribution in [0, 0.1) is 0 Å². The van der Waals surface area contributed by atoms with Crippen LogP contribution in [-0.4, -0.2) is 22.1 Å². The van der Waals surface area contributed by atoms with Gasteiger partial charge in [0.25, 0.3) is 0 Å². The van der Waals surface area contributed by atoms with E-state index in [1.165, 1.54) is 4.90 Å². The zero-order valence-electron chi connectivity index (χ0n) is 12.3. The monoisotopic (exact) mass is 337 g/mol. The highest BCUT2D eigenvalue weighted by molar-refractivity contribution is 7.98. The molecule has 0 aliphatic heterocycles. The average Bonchev–Trinajstić information content (AvgIpc) is 2.50. The van der Waals surface area contributed by atoms with Crippen LogP contribution in [0.3, 0.4) is 0 Å². The highest BCUT2D eigenvalue weighted by Gasteiger charge is 2.06. The van der Waals surface area contributed by atoms with Gasteiger partial charge in [0.2, 0.25) is 0 Å². The van der Waals surface area contributed by atoms with E-state index in [1.807, 2.05) is 37.6 Å². The van der Waals surface area contributed by atoms with Crippen LogP contribution in [0.5, 0.6) is 11.5 Å². The van der Waals surface area contributed by atoms with Crippen LogP contribution in [0.25, 0.3) is 0 Å². The van der Waals surface area contributed by atoms with Crippen molar-refractivity contribution in [1.29, 1.82) is 0 Å². The van der Waals surface area contributed by atoms with Crippen LogP contribution in [0.1, 0.15) is 5.56 Å². The molecule has 0 radical (unpaired) electrons. The molecule has 2 rings (SSSR count). The first-order valence-corrected chi connectivity index (χ1v) is 8.87. The Hall–Kier alpha value is -1.54. The van der Waals surface area contributed by atoms with Gasteiger partial charge in [-0.3, -0.25) is 4.21 Å². The van der Waals surface area contributed by atoms with Crippen LogP contribution < -0.4 is 14.8 Å². The number of benzene rings is 2. The second-order valence-corrected chi connectivity index (χ2v) is 6.02. The number of anilines is 1. The van der Waals surface area contributed by atoms with Crippen molar-refractivity contribution >= 4 is 28.7 Å². The highest BCUT2D eigenvalue weighted by atomic mass is 32.2. The second-order valence-electron chi connectivity index (χ2n) is 4.47. The molecule has 5 nitrogen and oxygen atoms in total. The lowest BCUT2D eigenvalue weighted by atomic mass is 10.1. The van der Waals surface area contributed by atoms with Gasteiger partial charge >= 0.3 is 0 Å². The van der Waals surface area contributed by atoms with Crippen molar-refractivity contribution in [3.63, 3.8) is 0 Å². The van der Waals surface area contributed by atoms with Crippen LogP contribution in [0.4, 0.5) is 5.69 Å². The minimum absolute atomic E-state index is 0.503. The molecule has 0 saturated heterocycles. The summed E-state index contributed by atoms with van der Waals surface area (Å²) in [5.74, 6) is 1.43. The Bertz CT molecular complexity index is 648. The predicted molar refractivity (Wildman–Crippen MR) is 90.0 cm³/mol. The topological polar surface area (TPSA) is 73.4 Å². The molecule has 0 fully saturated rings. The molecule has 2 N–H and O–H groups in total. The van der Waals surface area contributed by atoms with E-state index >= 15 is 0 Å². The van der Waals surface area contributed by atoms with Crippen molar-refractivity contribution in [3.05, 3.63) is 48.0 Å². The smallest absolute Gasteiger partial charge is 0.132 e. The molecule has 1 atom stereocenters. The molecule has 0 heterocycles. The van der Waals surface area contributed by atoms with Gasteiger partial charge in [-0.1, -0.05) is 0 Å². The molecular formula is C15H17N2O3S2-. The Balaban J connectivity index is 2.22. The summed E-state index contributed by atoms with van der Waals surface area (Å²) in [6.45, 7) is 0.569. The van der Waals surface area contributed by atoms with Crippen molar-refractivity contribution in [2.75, 3.05) is 18.0 Å². The Morgan fingerprint density at radius 2 is 1.95 bits per heavy atom. The van der Waals surface area contributed by atoms with Gasteiger partial charge < -0.3 is 19.3 Å². The summed E-state index contributed by atoms with van der Waals surface area (Å²) in [7, 11) is 1.82. The quantitative estimate of drug-likeness (QED) is 0.600. The van der Waals surface area contributed by atoms with Crippen molar-refractivity contribution in [3.8, 4) is 11.5 Å². The Labute approximate surface area is 136 Å². The van der Waals surface area contributed by atoms with Crippen LogP contribution in [-0.2, 0) is 17.8 Å². The summed E-state index contributed by atoms with van der Waals surface area (Å²) in [6, 6.07) is 13.0. The predicted octanol–water partition coefficient (Wildman–Crippen LogP) is 3.13. The van der Waals surface area contributed by atoms with Crippen molar-refractivity contribution < 1.29 is 13.5 Å². The van der Waals surface area contributed by atoms with Gasteiger partial charge in [-0.2, -0.15) is 0 Å². The summed E-state index contributed by atoms with van der Waals surface area (Å²) < 4.78 is 29.7. The molecule has 2 aromatic rings. The third-order valence-electron chi connectivity index (χ3n) is 2.92. The minimum Gasteiger partial charge on any atom is -0.755 e. The number of rotatable bonds is 7. The van der Waals surface area contributed by atoms with Crippen molar-refractivity contribution in [2.45, 2.75) is 11.4 Å². The lowest BCUT2D eigenvalue weighted by Gasteiger charge is -2.15. The molecule has 7 heteroatoms. The number of ether oxygens (including phenoxy) is 1. The second kappa shape index (κ2) is 8.19. The zero-order chi connectivity index (χ0) is 15.9. The van der Waals surface area contributed by atoms with Crippen LogP contribution in [0.2, 0.25) is 0 Å². The van der Waals surface area contributed by atoms with E-state index in [4.69, 9.17) is 4.74 Å². The van der Waals surface area contributed by atoms with Gasteiger partial charge in [0.1, 0.15) is 11.5 Å². The first-order chi connectivity index (χ1) is 10.6. The van der Waals surface area contributed by atoms with Crippen molar-refractivity contribution in [1.82, 2.24) is 5.32 Å². The molecule has 1 unspecified atom stereocenters. The van der Waals surface area contributed by atoms with E-state index in [0.717, 1.165) is 11.3 Å².